The molecule has 0 radical (unpaired) electrons. The normalized spacial score (nSPS) is 17.6. The zero-order valence-corrected chi connectivity index (χ0v) is 23.3. The zero-order chi connectivity index (χ0) is 30.2. The Kier molecular flexibility index (Phi) is 8.21. The molecular weight excluding hydrogens is 609 g/mol. The topological polar surface area (TPSA) is 75.9 Å². The molecule has 0 amide bonds. The summed E-state index contributed by atoms with van der Waals surface area (Å²) in [7, 11) is 0. The quantitative estimate of drug-likeness (QED) is 0.163. The van der Waals surface area contributed by atoms with Crippen molar-refractivity contribution in [3.05, 3.63) is 82.5 Å². The molecule has 1 aromatic carbocycles. The van der Waals surface area contributed by atoms with Crippen molar-refractivity contribution in [1.29, 1.82) is 0 Å². The van der Waals surface area contributed by atoms with Crippen LogP contribution < -0.4 is 9.80 Å². The molecule has 1 aliphatic rings. The van der Waals surface area contributed by atoms with Gasteiger partial charge >= 0.3 is 12.4 Å². The van der Waals surface area contributed by atoms with E-state index in [4.69, 9.17) is 23.2 Å². The van der Waals surface area contributed by atoms with Crippen LogP contribution in [0.1, 0.15) is 36.5 Å². The molecular formula is C26H22Cl2F6N8. The monoisotopic (exact) mass is 630 g/mol. The molecule has 5 rings (SSSR count). The van der Waals surface area contributed by atoms with E-state index in [-0.39, 0.29) is 47.0 Å². The van der Waals surface area contributed by atoms with Gasteiger partial charge in [0.15, 0.2) is 5.82 Å². The van der Waals surface area contributed by atoms with Crippen molar-refractivity contribution < 1.29 is 26.3 Å². The van der Waals surface area contributed by atoms with E-state index in [2.05, 4.69) is 24.9 Å². The number of imidazole rings is 1. The molecule has 16 heteroatoms. The molecule has 4 aromatic rings. The van der Waals surface area contributed by atoms with Crippen molar-refractivity contribution >= 4 is 35.0 Å². The highest BCUT2D eigenvalue weighted by molar-refractivity contribution is 6.33. The summed E-state index contributed by atoms with van der Waals surface area (Å²) >= 11 is 12.4. The van der Waals surface area contributed by atoms with E-state index in [0.717, 1.165) is 0 Å². The summed E-state index contributed by atoms with van der Waals surface area (Å²) < 4.78 is 83.4. The molecule has 4 heterocycles. The lowest BCUT2D eigenvalue weighted by Gasteiger charge is -2.30. The van der Waals surface area contributed by atoms with Crippen molar-refractivity contribution in [1.82, 2.24) is 29.5 Å². The molecule has 1 aliphatic heterocycles. The Morgan fingerprint density at radius 1 is 0.952 bits per heavy atom. The van der Waals surface area contributed by atoms with Crippen molar-refractivity contribution in [2.75, 3.05) is 16.3 Å². The summed E-state index contributed by atoms with van der Waals surface area (Å²) in [6.07, 6.45) is 0.275. The van der Waals surface area contributed by atoms with Gasteiger partial charge in [-0.15, -0.1) is 0 Å². The molecule has 1 fully saturated rings. The van der Waals surface area contributed by atoms with Gasteiger partial charge < -0.3 is 14.4 Å². The molecule has 0 N–H and O–H groups in total. The minimum atomic E-state index is -4.98. The second-order valence-electron chi connectivity index (χ2n) is 9.67. The summed E-state index contributed by atoms with van der Waals surface area (Å²) in [6.45, 7) is 1.88. The standard InChI is InChI=1S/C26H22Cl2F6N8/c1-2-18-8-19(13-41(18)22-21(27)11-36-23(28)39-22)42(24-37-9-20(10-38-24)40-4-3-35-14-40)12-15-5-16(25(29,30)31)7-17(6-15)26(32,33)34/h3-7,9-11,14,18-19H,2,8,12-13H2,1H3. The van der Waals surface area contributed by atoms with Gasteiger partial charge in [-0.2, -0.15) is 31.3 Å². The molecule has 2 atom stereocenters. The maximum absolute atomic E-state index is 13.6. The van der Waals surface area contributed by atoms with Gasteiger partial charge in [-0.25, -0.2) is 19.9 Å². The van der Waals surface area contributed by atoms with Crippen LogP contribution in [-0.2, 0) is 18.9 Å². The summed E-state index contributed by atoms with van der Waals surface area (Å²) in [5, 5.41) is 0.227. The number of rotatable bonds is 7. The van der Waals surface area contributed by atoms with E-state index >= 15 is 0 Å². The van der Waals surface area contributed by atoms with Gasteiger partial charge in [0, 0.05) is 31.5 Å². The largest absolute Gasteiger partial charge is 0.416 e. The molecule has 1 saturated heterocycles. The first kappa shape index (κ1) is 29.8. The Morgan fingerprint density at radius 2 is 1.62 bits per heavy atom. The highest BCUT2D eigenvalue weighted by atomic mass is 35.5. The summed E-state index contributed by atoms with van der Waals surface area (Å²) in [4.78, 5) is 24.5. The molecule has 3 aromatic heterocycles. The number of hydrogen-bond acceptors (Lipinski definition) is 7. The second kappa shape index (κ2) is 11.6. The van der Waals surface area contributed by atoms with Crippen molar-refractivity contribution in [2.24, 2.45) is 0 Å². The third-order valence-electron chi connectivity index (χ3n) is 6.96. The smallest absolute Gasteiger partial charge is 0.350 e. The van der Waals surface area contributed by atoms with Gasteiger partial charge in [0.25, 0.3) is 0 Å². The first-order valence-electron chi connectivity index (χ1n) is 12.6. The fourth-order valence-electron chi connectivity index (χ4n) is 4.98. The van der Waals surface area contributed by atoms with Gasteiger partial charge in [0.1, 0.15) is 5.02 Å². The predicted molar refractivity (Wildman–Crippen MR) is 144 cm³/mol. The van der Waals surface area contributed by atoms with Crippen LogP contribution in [0.3, 0.4) is 0 Å². The molecule has 0 bridgehead atoms. The van der Waals surface area contributed by atoms with Crippen LogP contribution in [-0.4, -0.2) is 48.1 Å². The number of anilines is 2. The third kappa shape index (κ3) is 6.38. The molecule has 222 valence electrons. The van der Waals surface area contributed by atoms with Crippen LogP contribution in [0.15, 0.2) is 55.5 Å². The fourth-order valence-corrected chi connectivity index (χ4v) is 5.31. The average Bonchev–Trinajstić information content (AvgIpc) is 3.63. The van der Waals surface area contributed by atoms with Gasteiger partial charge in [-0.1, -0.05) is 18.5 Å². The molecule has 0 saturated carbocycles. The highest BCUT2D eigenvalue weighted by Crippen LogP contribution is 2.38. The van der Waals surface area contributed by atoms with Crippen LogP contribution in [0.25, 0.3) is 5.69 Å². The molecule has 0 spiro atoms. The van der Waals surface area contributed by atoms with E-state index < -0.39 is 29.5 Å². The fraction of sp³-hybridized carbons (Fsp3) is 0.346. The minimum Gasteiger partial charge on any atom is -0.350 e. The maximum Gasteiger partial charge on any atom is 0.416 e. The molecule has 8 nitrogen and oxygen atoms in total. The van der Waals surface area contributed by atoms with Gasteiger partial charge in [-0.3, -0.25) is 0 Å². The Balaban J connectivity index is 1.56. The van der Waals surface area contributed by atoms with E-state index in [1.165, 1.54) is 24.9 Å². The predicted octanol–water partition coefficient (Wildman–Crippen LogP) is 6.86. The van der Waals surface area contributed by atoms with Gasteiger partial charge in [-0.05, 0) is 48.2 Å². The van der Waals surface area contributed by atoms with E-state index in [9.17, 15) is 26.3 Å². The zero-order valence-electron chi connectivity index (χ0n) is 21.8. The third-order valence-corrected chi connectivity index (χ3v) is 7.41. The first-order valence-corrected chi connectivity index (χ1v) is 13.4. The maximum atomic E-state index is 13.6. The second-order valence-corrected chi connectivity index (χ2v) is 10.4. The lowest BCUT2D eigenvalue weighted by Crippen LogP contribution is -2.39. The lowest BCUT2D eigenvalue weighted by atomic mass is 10.0. The molecule has 0 aliphatic carbocycles. The van der Waals surface area contributed by atoms with Crippen molar-refractivity contribution in [3.63, 3.8) is 0 Å². The van der Waals surface area contributed by atoms with Crippen LogP contribution in [0.4, 0.5) is 38.1 Å². The molecule has 2 unspecified atom stereocenters. The van der Waals surface area contributed by atoms with Crippen LogP contribution in [0.5, 0.6) is 0 Å². The van der Waals surface area contributed by atoms with Crippen LogP contribution in [0.2, 0.25) is 10.3 Å². The Bertz CT molecular complexity index is 1500. The SMILES string of the molecule is CCC1CC(N(Cc2cc(C(F)(F)F)cc(C(F)(F)F)c2)c2ncc(-n3ccnc3)cn2)CN1c1nc(Cl)ncc1Cl. The first-order chi connectivity index (χ1) is 19.8. The number of alkyl halides is 6. The number of hydrogen-bond donors (Lipinski definition) is 0. The number of aromatic nitrogens is 6. The average molecular weight is 631 g/mol. The van der Waals surface area contributed by atoms with E-state index in [1.54, 1.807) is 21.9 Å². The van der Waals surface area contributed by atoms with Crippen molar-refractivity contribution in [3.8, 4) is 5.69 Å². The Labute approximate surface area is 246 Å². The summed E-state index contributed by atoms with van der Waals surface area (Å²) in [5.41, 5.74) is -2.43. The minimum absolute atomic E-state index is 0.0216. The lowest BCUT2D eigenvalue weighted by molar-refractivity contribution is -0.143. The van der Waals surface area contributed by atoms with E-state index in [1.807, 2.05) is 11.8 Å². The van der Waals surface area contributed by atoms with Crippen LogP contribution in [0, 0.1) is 0 Å². The summed E-state index contributed by atoms with van der Waals surface area (Å²) in [6, 6.07) is 0.969. The van der Waals surface area contributed by atoms with Gasteiger partial charge in [0.05, 0.1) is 47.8 Å². The molecule has 42 heavy (non-hydrogen) atoms. The van der Waals surface area contributed by atoms with Crippen LogP contribution >= 0.6 is 23.2 Å². The number of halogens is 8. The Morgan fingerprint density at radius 3 is 2.19 bits per heavy atom. The summed E-state index contributed by atoms with van der Waals surface area (Å²) in [5.74, 6) is 0.499. The number of benzene rings is 1. The highest BCUT2D eigenvalue weighted by Gasteiger charge is 2.40. The van der Waals surface area contributed by atoms with Crippen molar-refractivity contribution in [2.45, 2.75) is 50.7 Å². The Hall–Kier alpha value is -3.65. The van der Waals surface area contributed by atoms with E-state index in [0.29, 0.717) is 36.5 Å². The van der Waals surface area contributed by atoms with Gasteiger partial charge in [0.2, 0.25) is 11.2 Å². The number of nitrogens with zero attached hydrogens (tertiary/aromatic N) is 8.